The minimum Gasteiger partial charge on any atom is -0.208 e. The monoisotopic (exact) mass is 591 g/mol. The molecule has 0 saturated carbocycles. The van der Waals surface area contributed by atoms with Crippen LogP contribution in [0.25, 0.3) is 78.0 Å². The third kappa shape index (κ3) is 4.50. The van der Waals surface area contributed by atoms with Gasteiger partial charge in [0.25, 0.3) is 0 Å². The molecule has 0 radical (unpaired) electrons. The Bertz CT molecular complexity index is 2340. The highest BCUT2D eigenvalue weighted by Crippen LogP contribution is 2.50. The van der Waals surface area contributed by atoms with Gasteiger partial charge in [-0.15, -0.1) is 0 Å². The Hall–Kier alpha value is -5.58. The molecule has 0 saturated heterocycles. The topological polar surface area (TPSA) is 38.7 Å². The van der Waals surface area contributed by atoms with Gasteiger partial charge in [0.1, 0.15) is 0 Å². The van der Waals surface area contributed by atoms with Crippen molar-refractivity contribution < 1.29 is 0 Å². The van der Waals surface area contributed by atoms with Crippen LogP contribution in [0.2, 0.25) is 0 Å². The minimum absolute atomic E-state index is 0.667. The Labute approximate surface area is 265 Å². The van der Waals surface area contributed by atoms with Crippen LogP contribution in [0.15, 0.2) is 161 Å². The van der Waals surface area contributed by atoms with E-state index in [0.29, 0.717) is 17.5 Å². The van der Waals surface area contributed by atoms with E-state index in [9.17, 15) is 0 Å². The summed E-state index contributed by atoms with van der Waals surface area (Å²) in [7, 11) is 0. The van der Waals surface area contributed by atoms with Crippen LogP contribution in [0.3, 0.4) is 0 Å². The first-order valence-electron chi connectivity index (χ1n) is 15.0. The summed E-state index contributed by atoms with van der Waals surface area (Å²) in [4.78, 5) is 17.5. The fraction of sp³-hybridized carbons (Fsp3) is 0. The van der Waals surface area contributed by atoms with Crippen LogP contribution in [0.4, 0.5) is 0 Å². The molecule has 9 rings (SSSR count). The molecular weight excluding hydrogens is 567 g/mol. The van der Waals surface area contributed by atoms with Gasteiger partial charge in [-0.3, -0.25) is 0 Å². The van der Waals surface area contributed by atoms with Gasteiger partial charge >= 0.3 is 0 Å². The Balaban J connectivity index is 1.19. The molecule has 210 valence electrons. The van der Waals surface area contributed by atoms with Crippen LogP contribution in [0, 0.1) is 0 Å². The number of nitrogens with zero attached hydrogens (tertiary/aromatic N) is 3. The molecule has 45 heavy (non-hydrogen) atoms. The van der Waals surface area contributed by atoms with E-state index in [1.165, 1.54) is 48.2 Å². The third-order valence-corrected chi connectivity index (χ3v) is 9.63. The van der Waals surface area contributed by atoms with Crippen LogP contribution >= 0.6 is 11.8 Å². The molecule has 3 nitrogen and oxygen atoms in total. The molecule has 7 aromatic carbocycles. The lowest BCUT2D eigenvalue weighted by atomic mass is 9.93. The SMILES string of the molecule is c1ccc(-c2nc(-c3ccccc3)nc(-c3ccc4c5c(cccc35)-c3ccc(-c5ccc6ccccc6c5)cc3S4)n2)cc1. The Morgan fingerprint density at radius 2 is 0.978 bits per heavy atom. The lowest BCUT2D eigenvalue weighted by molar-refractivity contribution is 1.08. The molecule has 0 unspecified atom stereocenters. The summed E-state index contributed by atoms with van der Waals surface area (Å²) in [6.45, 7) is 0. The molecule has 0 bridgehead atoms. The zero-order valence-corrected chi connectivity index (χ0v) is 25.0. The van der Waals surface area contributed by atoms with E-state index in [1.54, 1.807) is 0 Å². The van der Waals surface area contributed by atoms with Crippen molar-refractivity contribution in [3.63, 3.8) is 0 Å². The van der Waals surface area contributed by atoms with E-state index in [2.05, 4.69) is 91.0 Å². The predicted molar refractivity (Wildman–Crippen MR) is 186 cm³/mol. The molecule has 0 amide bonds. The smallest absolute Gasteiger partial charge is 0.164 e. The maximum atomic E-state index is 5.03. The van der Waals surface area contributed by atoms with Gasteiger partial charge < -0.3 is 0 Å². The van der Waals surface area contributed by atoms with Crippen molar-refractivity contribution in [2.24, 2.45) is 0 Å². The second-order valence-electron chi connectivity index (χ2n) is 11.3. The molecule has 0 atom stereocenters. The number of hydrogen-bond donors (Lipinski definition) is 0. The number of hydrogen-bond acceptors (Lipinski definition) is 4. The van der Waals surface area contributed by atoms with Crippen molar-refractivity contribution in [2.75, 3.05) is 0 Å². The molecule has 8 aromatic rings. The van der Waals surface area contributed by atoms with Crippen LogP contribution in [0.5, 0.6) is 0 Å². The first-order chi connectivity index (χ1) is 22.3. The summed E-state index contributed by atoms with van der Waals surface area (Å²) in [6, 6.07) is 53.4. The maximum Gasteiger partial charge on any atom is 0.164 e. The third-order valence-electron chi connectivity index (χ3n) is 8.52. The summed E-state index contributed by atoms with van der Waals surface area (Å²) in [6.07, 6.45) is 0. The largest absolute Gasteiger partial charge is 0.208 e. The summed E-state index contributed by atoms with van der Waals surface area (Å²) >= 11 is 1.84. The molecular formula is C41H25N3S. The van der Waals surface area contributed by atoms with Crippen LogP contribution in [-0.2, 0) is 0 Å². The molecule has 1 aliphatic rings. The lowest BCUT2D eigenvalue weighted by Gasteiger charge is -2.22. The molecule has 1 aliphatic heterocycles. The van der Waals surface area contributed by atoms with Gasteiger partial charge in [0.2, 0.25) is 0 Å². The van der Waals surface area contributed by atoms with Crippen molar-refractivity contribution in [1.82, 2.24) is 15.0 Å². The quantitative estimate of drug-likeness (QED) is 0.204. The van der Waals surface area contributed by atoms with Gasteiger partial charge in [0.15, 0.2) is 17.5 Å². The average Bonchev–Trinajstić information content (AvgIpc) is 3.12. The van der Waals surface area contributed by atoms with Gasteiger partial charge in [-0.1, -0.05) is 139 Å². The zero-order valence-electron chi connectivity index (χ0n) is 24.2. The minimum atomic E-state index is 0.667. The second kappa shape index (κ2) is 10.5. The number of aromatic nitrogens is 3. The molecule has 0 aliphatic carbocycles. The van der Waals surface area contributed by atoms with E-state index in [0.717, 1.165) is 22.1 Å². The van der Waals surface area contributed by atoms with Gasteiger partial charge in [0, 0.05) is 31.9 Å². The summed E-state index contributed by atoms with van der Waals surface area (Å²) in [5.74, 6) is 2.01. The first-order valence-corrected chi connectivity index (χ1v) is 15.8. The molecule has 0 fully saturated rings. The molecule has 2 heterocycles. The highest BCUT2D eigenvalue weighted by Gasteiger charge is 2.23. The van der Waals surface area contributed by atoms with E-state index >= 15 is 0 Å². The van der Waals surface area contributed by atoms with Crippen molar-refractivity contribution in [2.45, 2.75) is 9.79 Å². The Morgan fingerprint density at radius 1 is 0.356 bits per heavy atom. The van der Waals surface area contributed by atoms with Crippen molar-refractivity contribution in [1.29, 1.82) is 0 Å². The zero-order chi connectivity index (χ0) is 29.7. The van der Waals surface area contributed by atoms with Gasteiger partial charge in [-0.05, 0) is 62.7 Å². The normalized spacial score (nSPS) is 11.9. The Kier molecular flexibility index (Phi) is 6.06. The number of fused-ring (bicyclic) bond motifs is 3. The molecule has 0 N–H and O–H groups in total. The van der Waals surface area contributed by atoms with Crippen LogP contribution < -0.4 is 0 Å². The van der Waals surface area contributed by atoms with E-state index in [-0.39, 0.29) is 0 Å². The van der Waals surface area contributed by atoms with Crippen molar-refractivity contribution >= 4 is 33.3 Å². The predicted octanol–water partition coefficient (Wildman–Crippen LogP) is 11.0. The highest BCUT2D eigenvalue weighted by molar-refractivity contribution is 7.99. The van der Waals surface area contributed by atoms with Crippen LogP contribution in [0.1, 0.15) is 0 Å². The highest BCUT2D eigenvalue weighted by atomic mass is 32.2. The van der Waals surface area contributed by atoms with Crippen LogP contribution in [-0.4, -0.2) is 15.0 Å². The summed E-state index contributed by atoms with van der Waals surface area (Å²) in [5, 5.41) is 4.90. The van der Waals surface area contributed by atoms with E-state index in [4.69, 9.17) is 15.0 Å². The van der Waals surface area contributed by atoms with E-state index < -0.39 is 0 Å². The number of benzene rings is 7. The molecule has 1 aromatic heterocycles. The molecule has 0 spiro atoms. The van der Waals surface area contributed by atoms with Crippen molar-refractivity contribution in [3.8, 4) is 56.4 Å². The number of rotatable bonds is 4. The maximum absolute atomic E-state index is 5.03. The first kappa shape index (κ1) is 25.9. The summed E-state index contributed by atoms with van der Waals surface area (Å²) in [5.41, 5.74) is 7.89. The standard InChI is InChI=1S/C41H25N3S/c1-3-11-27(12-4-1)39-42-40(28-13-5-2-6-14-28)44-41(43-39)35-22-23-36-38-33(16-9-17-34(35)38)32-21-20-31(25-37(32)45-36)30-19-18-26-10-7-8-15-29(26)24-30/h1-25H. The van der Waals surface area contributed by atoms with Gasteiger partial charge in [-0.25, -0.2) is 15.0 Å². The average molecular weight is 592 g/mol. The fourth-order valence-corrected chi connectivity index (χ4v) is 7.47. The van der Waals surface area contributed by atoms with Crippen molar-refractivity contribution in [3.05, 3.63) is 152 Å². The lowest BCUT2D eigenvalue weighted by Crippen LogP contribution is -2.01. The molecule has 4 heteroatoms. The van der Waals surface area contributed by atoms with E-state index in [1.807, 2.05) is 72.4 Å². The van der Waals surface area contributed by atoms with Gasteiger partial charge in [-0.2, -0.15) is 0 Å². The second-order valence-corrected chi connectivity index (χ2v) is 12.3. The fourth-order valence-electron chi connectivity index (χ4n) is 6.30. The summed E-state index contributed by atoms with van der Waals surface area (Å²) < 4.78 is 0. The van der Waals surface area contributed by atoms with Gasteiger partial charge in [0.05, 0.1) is 0 Å². The Morgan fingerprint density at radius 3 is 1.73 bits per heavy atom.